The number of hydrogen-bond acceptors (Lipinski definition) is 5. The van der Waals surface area contributed by atoms with Crippen molar-refractivity contribution in [1.82, 2.24) is 10.2 Å². The minimum atomic E-state index is -0.885. The second kappa shape index (κ2) is 17.0. The first-order valence-corrected chi connectivity index (χ1v) is 14.7. The first-order valence-electron chi connectivity index (χ1n) is 13.1. The van der Waals surface area contributed by atoms with Crippen molar-refractivity contribution in [2.45, 2.75) is 90.5 Å². The SMILES string of the molecule is CCCCCCCCCCCCOC(=O)CC1C(=O)NCCN1C(=O)COc1c(C)cc(Br)cc1Br. The summed E-state index contributed by atoms with van der Waals surface area (Å²) in [5.74, 6) is -0.572. The molecule has 1 heterocycles. The molecule has 1 aromatic carbocycles. The van der Waals surface area contributed by atoms with E-state index in [0.29, 0.717) is 25.4 Å². The summed E-state index contributed by atoms with van der Waals surface area (Å²) >= 11 is 6.88. The van der Waals surface area contributed by atoms with Gasteiger partial charge in [0.1, 0.15) is 11.8 Å². The summed E-state index contributed by atoms with van der Waals surface area (Å²) < 4.78 is 12.8. The third-order valence-electron chi connectivity index (χ3n) is 6.31. The standard InChI is InChI=1S/C27H40Br2N2O5/c1-3-4-5-6-7-8-9-10-11-12-15-35-25(33)18-23-27(34)30-13-14-31(23)24(32)19-36-26-20(2)16-21(28)17-22(26)29/h16-17,23H,3-15,18-19H2,1-2H3,(H,30,34). The second-order valence-corrected chi connectivity index (χ2v) is 11.1. The molecule has 7 nitrogen and oxygen atoms in total. The number of carbonyl (C=O) groups excluding carboxylic acids is 3. The fraction of sp³-hybridized carbons (Fsp3) is 0.667. The first kappa shape index (κ1) is 30.6. The van der Waals surface area contributed by atoms with E-state index in [0.717, 1.165) is 33.8 Å². The van der Waals surface area contributed by atoms with Crippen molar-refractivity contribution in [1.29, 1.82) is 0 Å². The van der Waals surface area contributed by atoms with Crippen LogP contribution < -0.4 is 10.1 Å². The van der Waals surface area contributed by atoms with E-state index < -0.39 is 12.0 Å². The van der Waals surface area contributed by atoms with Crippen LogP contribution in [0.4, 0.5) is 0 Å². The highest BCUT2D eigenvalue weighted by atomic mass is 79.9. The van der Waals surface area contributed by atoms with Crippen LogP contribution >= 0.6 is 31.9 Å². The number of esters is 1. The molecule has 1 unspecified atom stereocenters. The maximum absolute atomic E-state index is 12.9. The molecule has 0 bridgehead atoms. The number of halogens is 2. The molecule has 1 aromatic rings. The van der Waals surface area contributed by atoms with Gasteiger partial charge in [0.25, 0.3) is 5.91 Å². The molecule has 9 heteroatoms. The number of unbranched alkanes of at least 4 members (excludes halogenated alkanes) is 9. The molecule has 1 aliphatic heterocycles. The summed E-state index contributed by atoms with van der Waals surface area (Å²) in [5.41, 5.74) is 0.868. The van der Waals surface area contributed by atoms with E-state index in [4.69, 9.17) is 9.47 Å². The summed E-state index contributed by atoms with van der Waals surface area (Å²) in [6.07, 6.45) is 11.9. The molecule has 0 spiro atoms. The van der Waals surface area contributed by atoms with Gasteiger partial charge in [-0.1, -0.05) is 80.6 Å². The van der Waals surface area contributed by atoms with E-state index in [-0.39, 0.29) is 24.8 Å². The zero-order valence-corrected chi connectivity index (χ0v) is 24.8. The zero-order valence-electron chi connectivity index (χ0n) is 21.6. The Morgan fingerprint density at radius 2 is 1.67 bits per heavy atom. The van der Waals surface area contributed by atoms with Crippen LogP contribution in [-0.4, -0.2) is 55.0 Å². The van der Waals surface area contributed by atoms with Gasteiger partial charge in [-0.2, -0.15) is 0 Å². The highest BCUT2D eigenvalue weighted by Crippen LogP contribution is 2.32. The number of hydrogen-bond donors (Lipinski definition) is 1. The van der Waals surface area contributed by atoms with Gasteiger partial charge in [-0.05, 0) is 47.0 Å². The minimum Gasteiger partial charge on any atom is -0.482 e. The van der Waals surface area contributed by atoms with Crippen molar-refractivity contribution < 1.29 is 23.9 Å². The fourth-order valence-corrected chi connectivity index (χ4v) is 5.85. The fourth-order valence-electron chi connectivity index (χ4n) is 4.30. The van der Waals surface area contributed by atoms with Crippen LogP contribution in [-0.2, 0) is 19.1 Å². The molecule has 0 aliphatic carbocycles. The number of benzene rings is 1. The Labute approximate surface area is 232 Å². The average molecular weight is 632 g/mol. The molecule has 1 N–H and O–H groups in total. The Bertz CT molecular complexity index is 842. The number of nitrogens with zero attached hydrogens (tertiary/aromatic N) is 1. The molecule has 1 aliphatic rings. The predicted octanol–water partition coefficient (Wildman–Crippen LogP) is 6.08. The molecule has 36 heavy (non-hydrogen) atoms. The molecule has 0 aromatic heterocycles. The number of rotatable bonds is 16. The Kier molecular flexibility index (Phi) is 14.5. The minimum absolute atomic E-state index is 0.156. The average Bonchev–Trinajstić information content (AvgIpc) is 2.83. The number of ether oxygens (including phenoxy) is 2. The van der Waals surface area contributed by atoms with Gasteiger partial charge in [-0.25, -0.2) is 0 Å². The highest BCUT2D eigenvalue weighted by Gasteiger charge is 2.35. The summed E-state index contributed by atoms with van der Waals surface area (Å²) in [7, 11) is 0. The molecule has 2 rings (SSSR count). The smallest absolute Gasteiger partial charge is 0.308 e. The van der Waals surface area contributed by atoms with E-state index in [1.165, 1.54) is 49.8 Å². The van der Waals surface area contributed by atoms with Gasteiger partial charge >= 0.3 is 5.97 Å². The molecular formula is C27H40Br2N2O5. The van der Waals surface area contributed by atoms with Gasteiger partial charge in [-0.3, -0.25) is 14.4 Å². The van der Waals surface area contributed by atoms with Crippen LogP contribution in [0.25, 0.3) is 0 Å². The lowest BCUT2D eigenvalue weighted by atomic mass is 10.1. The molecule has 0 radical (unpaired) electrons. The first-order chi connectivity index (χ1) is 17.3. The largest absolute Gasteiger partial charge is 0.482 e. The second-order valence-electron chi connectivity index (χ2n) is 9.32. The van der Waals surface area contributed by atoms with Crippen LogP contribution in [0.3, 0.4) is 0 Å². The van der Waals surface area contributed by atoms with Crippen LogP contribution in [0.5, 0.6) is 5.75 Å². The van der Waals surface area contributed by atoms with E-state index in [9.17, 15) is 14.4 Å². The van der Waals surface area contributed by atoms with Gasteiger partial charge in [0, 0.05) is 17.6 Å². The predicted molar refractivity (Wildman–Crippen MR) is 148 cm³/mol. The number of carbonyl (C=O) groups is 3. The molecule has 1 saturated heterocycles. The highest BCUT2D eigenvalue weighted by molar-refractivity contribution is 9.11. The summed E-state index contributed by atoms with van der Waals surface area (Å²) in [4.78, 5) is 39.2. The summed E-state index contributed by atoms with van der Waals surface area (Å²) in [5, 5.41) is 2.74. The third kappa shape index (κ3) is 10.8. The van der Waals surface area contributed by atoms with Crippen LogP contribution in [0, 0.1) is 6.92 Å². The molecular weight excluding hydrogens is 592 g/mol. The summed E-state index contributed by atoms with van der Waals surface area (Å²) in [6.45, 7) is 4.90. The Morgan fingerprint density at radius 1 is 1.03 bits per heavy atom. The third-order valence-corrected chi connectivity index (χ3v) is 7.35. The van der Waals surface area contributed by atoms with Crippen LogP contribution in [0.1, 0.15) is 83.1 Å². The Morgan fingerprint density at radius 3 is 2.31 bits per heavy atom. The molecule has 1 atom stereocenters. The molecule has 0 saturated carbocycles. The topological polar surface area (TPSA) is 84.9 Å². The quantitative estimate of drug-likeness (QED) is 0.177. The van der Waals surface area contributed by atoms with Crippen molar-refractivity contribution in [2.24, 2.45) is 0 Å². The maximum atomic E-state index is 12.9. The van der Waals surface area contributed by atoms with Crippen molar-refractivity contribution in [3.05, 3.63) is 26.6 Å². The Balaban J connectivity index is 1.72. The maximum Gasteiger partial charge on any atom is 0.308 e. The number of amides is 2. The number of nitrogens with one attached hydrogen (secondary N) is 1. The summed E-state index contributed by atoms with van der Waals surface area (Å²) in [6, 6.07) is 2.85. The van der Waals surface area contributed by atoms with Crippen molar-refractivity contribution in [3.63, 3.8) is 0 Å². The Hall–Kier alpha value is -1.61. The number of piperazine rings is 1. The monoisotopic (exact) mass is 630 g/mol. The van der Waals surface area contributed by atoms with E-state index in [1.54, 1.807) is 0 Å². The molecule has 1 fully saturated rings. The lowest BCUT2D eigenvalue weighted by molar-refractivity contribution is -0.152. The van der Waals surface area contributed by atoms with E-state index in [1.807, 2.05) is 19.1 Å². The lowest BCUT2D eigenvalue weighted by Crippen LogP contribution is -2.58. The van der Waals surface area contributed by atoms with Gasteiger partial charge in [0.15, 0.2) is 6.61 Å². The van der Waals surface area contributed by atoms with Crippen LogP contribution in [0.15, 0.2) is 21.1 Å². The van der Waals surface area contributed by atoms with Crippen molar-refractivity contribution in [2.75, 3.05) is 26.3 Å². The van der Waals surface area contributed by atoms with E-state index in [2.05, 4.69) is 44.1 Å². The van der Waals surface area contributed by atoms with Crippen molar-refractivity contribution >= 4 is 49.6 Å². The van der Waals surface area contributed by atoms with Crippen LogP contribution in [0.2, 0.25) is 0 Å². The van der Waals surface area contributed by atoms with Gasteiger partial charge in [-0.15, -0.1) is 0 Å². The number of aryl methyl sites for hydroxylation is 1. The van der Waals surface area contributed by atoms with Crippen molar-refractivity contribution in [3.8, 4) is 5.75 Å². The van der Waals surface area contributed by atoms with E-state index >= 15 is 0 Å². The zero-order chi connectivity index (χ0) is 26.3. The molecule has 202 valence electrons. The van der Waals surface area contributed by atoms with Gasteiger partial charge in [0.05, 0.1) is 17.5 Å². The normalized spacial score (nSPS) is 15.5. The van der Waals surface area contributed by atoms with Gasteiger partial charge < -0.3 is 19.7 Å². The molecule has 2 amide bonds. The lowest BCUT2D eigenvalue weighted by Gasteiger charge is -2.34. The van der Waals surface area contributed by atoms with Gasteiger partial charge in [0.2, 0.25) is 5.91 Å².